The van der Waals surface area contributed by atoms with Gasteiger partial charge in [-0.3, -0.25) is 4.79 Å². The zero-order valence-electron chi connectivity index (χ0n) is 19.8. The Labute approximate surface area is 209 Å². The summed E-state index contributed by atoms with van der Waals surface area (Å²) in [6.07, 6.45) is 1.92. The maximum absolute atomic E-state index is 12.9. The van der Waals surface area contributed by atoms with E-state index in [4.69, 9.17) is 26.4 Å². The predicted octanol–water partition coefficient (Wildman–Crippen LogP) is 4.09. The van der Waals surface area contributed by atoms with E-state index in [0.717, 1.165) is 29.5 Å². The van der Waals surface area contributed by atoms with Crippen molar-refractivity contribution in [2.24, 2.45) is 0 Å². The van der Waals surface area contributed by atoms with E-state index in [1.165, 1.54) is 7.11 Å². The van der Waals surface area contributed by atoms with Gasteiger partial charge in [-0.2, -0.15) is 0 Å². The molecule has 8 nitrogen and oxygen atoms in total. The molecule has 1 atom stereocenters. The topological polar surface area (TPSA) is 92.9 Å². The van der Waals surface area contributed by atoms with Gasteiger partial charge < -0.3 is 29.4 Å². The van der Waals surface area contributed by atoms with Gasteiger partial charge in [0.25, 0.3) is 5.56 Å². The second-order valence-electron chi connectivity index (χ2n) is 8.29. The number of thiocarbonyl (C=S) groups is 1. The fraction of sp³-hybridized carbons (Fsp3) is 0.346. The van der Waals surface area contributed by atoms with Gasteiger partial charge in [0.2, 0.25) is 0 Å². The summed E-state index contributed by atoms with van der Waals surface area (Å²) in [5.41, 5.74) is 2.03. The highest BCUT2D eigenvalue weighted by Crippen LogP contribution is 2.22. The molecule has 2 aromatic carbocycles. The number of fused-ring (bicyclic) bond motifs is 1. The van der Waals surface area contributed by atoms with Crippen molar-refractivity contribution in [3.63, 3.8) is 0 Å². The molecule has 1 saturated heterocycles. The molecular formula is C26H29N3O5S. The SMILES string of the molecule is CCOc1ccc2[nH]c(=O)c(CN(C[C@H]3CCCO3)C(=S)Nc3ccccc3C(=O)OC)cc2c1. The summed E-state index contributed by atoms with van der Waals surface area (Å²) >= 11 is 5.74. The predicted molar refractivity (Wildman–Crippen MR) is 139 cm³/mol. The molecule has 0 spiro atoms. The number of methoxy groups -OCH3 is 1. The first kappa shape index (κ1) is 24.7. The highest BCUT2D eigenvalue weighted by Gasteiger charge is 2.23. The Morgan fingerprint density at radius 1 is 1.26 bits per heavy atom. The molecule has 184 valence electrons. The van der Waals surface area contributed by atoms with Crippen molar-refractivity contribution < 1.29 is 19.0 Å². The number of nitrogens with one attached hydrogen (secondary N) is 2. The first-order valence-electron chi connectivity index (χ1n) is 11.6. The van der Waals surface area contributed by atoms with Gasteiger partial charge in [-0.05, 0) is 68.4 Å². The van der Waals surface area contributed by atoms with Gasteiger partial charge >= 0.3 is 5.97 Å². The monoisotopic (exact) mass is 495 g/mol. The molecular weight excluding hydrogens is 466 g/mol. The van der Waals surface area contributed by atoms with Crippen LogP contribution in [-0.2, 0) is 16.0 Å². The lowest BCUT2D eigenvalue weighted by molar-refractivity contribution is 0.0602. The van der Waals surface area contributed by atoms with Crippen molar-refractivity contribution in [2.45, 2.75) is 32.4 Å². The van der Waals surface area contributed by atoms with Crippen molar-refractivity contribution in [1.82, 2.24) is 9.88 Å². The molecule has 9 heteroatoms. The normalized spacial score (nSPS) is 15.1. The number of hydrogen-bond acceptors (Lipinski definition) is 6. The van der Waals surface area contributed by atoms with E-state index in [-0.39, 0.29) is 18.2 Å². The molecule has 0 unspecified atom stereocenters. The third-order valence-electron chi connectivity index (χ3n) is 5.87. The number of rotatable bonds is 8. The number of carbonyl (C=O) groups is 1. The second kappa shape index (κ2) is 11.3. The fourth-order valence-corrected chi connectivity index (χ4v) is 4.39. The summed E-state index contributed by atoms with van der Waals surface area (Å²) in [6.45, 7) is 3.99. The molecule has 0 amide bonds. The van der Waals surface area contributed by atoms with Crippen LogP contribution in [0.15, 0.2) is 53.3 Å². The van der Waals surface area contributed by atoms with Gasteiger partial charge in [-0.1, -0.05) is 12.1 Å². The maximum atomic E-state index is 12.9. The quantitative estimate of drug-likeness (QED) is 0.357. The van der Waals surface area contributed by atoms with Crippen molar-refractivity contribution >= 4 is 39.9 Å². The van der Waals surface area contributed by atoms with Crippen molar-refractivity contribution in [3.8, 4) is 5.75 Å². The van der Waals surface area contributed by atoms with E-state index in [0.29, 0.717) is 41.7 Å². The molecule has 2 N–H and O–H groups in total. The lowest BCUT2D eigenvalue weighted by Gasteiger charge is -2.28. The lowest BCUT2D eigenvalue weighted by atomic mass is 10.1. The van der Waals surface area contributed by atoms with Gasteiger partial charge in [0, 0.05) is 29.6 Å². The summed E-state index contributed by atoms with van der Waals surface area (Å²) < 4.78 is 16.3. The zero-order chi connectivity index (χ0) is 24.8. The zero-order valence-corrected chi connectivity index (χ0v) is 20.7. The summed E-state index contributed by atoms with van der Waals surface area (Å²) in [7, 11) is 1.34. The average Bonchev–Trinajstić information content (AvgIpc) is 3.37. The number of benzene rings is 2. The molecule has 1 fully saturated rings. The Morgan fingerprint density at radius 2 is 2.09 bits per heavy atom. The van der Waals surface area contributed by atoms with E-state index >= 15 is 0 Å². The Bertz CT molecular complexity index is 1270. The summed E-state index contributed by atoms with van der Waals surface area (Å²) in [5.74, 6) is 0.281. The molecule has 3 aromatic rings. The molecule has 1 aromatic heterocycles. The summed E-state index contributed by atoms with van der Waals surface area (Å²) in [6, 6.07) is 14.5. The number of aromatic amines is 1. The minimum Gasteiger partial charge on any atom is -0.494 e. The van der Waals surface area contributed by atoms with Crippen LogP contribution in [0.25, 0.3) is 10.9 Å². The second-order valence-corrected chi connectivity index (χ2v) is 8.68. The third-order valence-corrected chi connectivity index (χ3v) is 6.23. The van der Waals surface area contributed by atoms with Crippen molar-refractivity contribution in [1.29, 1.82) is 0 Å². The number of anilines is 1. The van der Waals surface area contributed by atoms with Crippen LogP contribution in [0.5, 0.6) is 5.75 Å². The van der Waals surface area contributed by atoms with E-state index in [9.17, 15) is 9.59 Å². The maximum Gasteiger partial charge on any atom is 0.339 e. The number of para-hydroxylation sites is 1. The van der Waals surface area contributed by atoms with Crippen LogP contribution < -0.4 is 15.6 Å². The Balaban J connectivity index is 1.62. The van der Waals surface area contributed by atoms with Gasteiger partial charge in [0.1, 0.15) is 5.75 Å². The smallest absolute Gasteiger partial charge is 0.339 e. The molecule has 0 aliphatic carbocycles. The number of carbonyl (C=O) groups excluding carboxylic acids is 1. The van der Waals surface area contributed by atoms with Crippen LogP contribution in [0, 0.1) is 0 Å². The molecule has 35 heavy (non-hydrogen) atoms. The Hall–Kier alpha value is -3.43. The molecule has 0 bridgehead atoms. The number of pyridine rings is 1. The number of hydrogen-bond donors (Lipinski definition) is 2. The Morgan fingerprint density at radius 3 is 2.83 bits per heavy atom. The number of ether oxygens (including phenoxy) is 3. The molecule has 4 rings (SSSR count). The van der Waals surface area contributed by atoms with Crippen LogP contribution >= 0.6 is 12.2 Å². The van der Waals surface area contributed by atoms with Crippen LogP contribution in [0.4, 0.5) is 5.69 Å². The standard InChI is InChI=1S/C26H29N3O5S/c1-3-33-19-10-11-22-17(14-19)13-18(24(30)27-22)15-29(16-20-7-6-12-34-20)26(35)28-23-9-5-4-8-21(23)25(31)32-2/h4-5,8-11,13-14,20H,3,6-7,12,15-16H2,1-2H3,(H,27,30)(H,28,35)/t20-/m1/s1. The van der Waals surface area contributed by atoms with Gasteiger partial charge in [-0.25, -0.2) is 4.79 Å². The van der Waals surface area contributed by atoms with Crippen LogP contribution in [0.1, 0.15) is 35.7 Å². The van der Waals surface area contributed by atoms with Crippen LogP contribution in [0.3, 0.4) is 0 Å². The fourth-order valence-electron chi connectivity index (χ4n) is 4.14. The molecule has 0 saturated carbocycles. The van der Waals surface area contributed by atoms with Gasteiger partial charge in [-0.15, -0.1) is 0 Å². The Kier molecular flexibility index (Phi) is 7.99. The number of esters is 1. The van der Waals surface area contributed by atoms with E-state index in [1.54, 1.807) is 18.2 Å². The van der Waals surface area contributed by atoms with Crippen LogP contribution in [-0.4, -0.2) is 53.9 Å². The highest BCUT2D eigenvalue weighted by atomic mass is 32.1. The molecule has 2 heterocycles. The largest absolute Gasteiger partial charge is 0.494 e. The lowest BCUT2D eigenvalue weighted by Crippen LogP contribution is -2.40. The average molecular weight is 496 g/mol. The number of aromatic nitrogens is 1. The van der Waals surface area contributed by atoms with Gasteiger partial charge in [0.15, 0.2) is 5.11 Å². The first-order chi connectivity index (χ1) is 17.0. The summed E-state index contributed by atoms with van der Waals surface area (Å²) in [5, 5.41) is 4.43. The third kappa shape index (κ3) is 5.98. The van der Waals surface area contributed by atoms with E-state index < -0.39 is 5.97 Å². The minimum atomic E-state index is -0.461. The van der Waals surface area contributed by atoms with Crippen molar-refractivity contribution in [2.75, 3.05) is 32.2 Å². The van der Waals surface area contributed by atoms with E-state index in [2.05, 4.69) is 10.3 Å². The number of nitrogens with zero attached hydrogens (tertiary/aromatic N) is 1. The molecule has 1 aliphatic heterocycles. The van der Waals surface area contributed by atoms with Gasteiger partial charge in [0.05, 0.1) is 37.6 Å². The summed E-state index contributed by atoms with van der Waals surface area (Å²) in [4.78, 5) is 30.0. The molecule has 0 radical (unpaired) electrons. The minimum absolute atomic E-state index is 0.00898. The van der Waals surface area contributed by atoms with Crippen LogP contribution in [0.2, 0.25) is 0 Å². The number of H-pyrrole nitrogens is 1. The van der Waals surface area contributed by atoms with E-state index in [1.807, 2.05) is 42.2 Å². The van der Waals surface area contributed by atoms with Crippen molar-refractivity contribution in [3.05, 3.63) is 70.0 Å². The molecule has 1 aliphatic rings. The first-order valence-corrected chi connectivity index (χ1v) is 12.0. The highest BCUT2D eigenvalue weighted by molar-refractivity contribution is 7.80.